The van der Waals surface area contributed by atoms with Crippen LogP contribution in [0.15, 0.2) is 71.6 Å². The molecule has 1 heterocycles. The number of methoxy groups -OCH3 is 2. The fraction of sp³-hybridized carbons (Fsp3) is 0.345. The zero-order valence-corrected chi connectivity index (χ0v) is 22.9. The summed E-state index contributed by atoms with van der Waals surface area (Å²) in [6.45, 7) is 8.30. The van der Waals surface area contributed by atoms with E-state index in [0.717, 1.165) is 33.9 Å². The Hall–Kier alpha value is -3.52. The van der Waals surface area contributed by atoms with E-state index in [1.807, 2.05) is 78.6 Å². The lowest BCUT2D eigenvalue weighted by atomic mass is 9.96. The molecule has 1 aliphatic heterocycles. The van der Waals surface area contributed by atoms with Crippen molar-refractivity contribution in [3.63, 3.8) is 0 Å². The van der Waals surface area contributed by atoms with Crippen molar-refractivity contribution < 1.29 is 18.5 Å². The second kappa shape index (κ2) is 11.3. The number of ether oxygens (including phenoxy) is 2. The summed E-state index contributed by atoms with van der Waals surface area (Å²) in [6, 6.07) is 21.2. The van der Waals surface area contributed by atoms with Crippen LogP contribution in [-0.2, 0) is 22.2 Å². The molecule has 0 saturated carbocycles. The first kappa shape index (κ1) is 26.5. The molecule has 3 aromatic rings. The van der Waals surface area contributed by atoms with Crippen molar-refractivity contribution in [2.24, 2.45) is 0 Å². The lowest BCUT2D eigenvalue weighted by Crippen LogP contribution is -2.61. The van der Waals surface area contributed by atoms with Gasteiger partial charge in [-0.3, -0.25) is 4.79 Å². The average molecular weight is 522 g/mol. The number of nitrogens with one attached hydrogen (secondary N) is 1. The number of rotatable bonds is 8. The molecule has 1 atom stereocenters. The molecule has 7 nitrogen and oxygen atoms in total. The van der Waals surface area contributed by atoms with Gasteiger partial charge in [0.2, 0.25) is 5.91 Å². The molecule has 8 heteroatoms. The fourth-order valence-electron chi connectivity index (χ4n) is 4.67. The molecular weight excluding hydrogens is 486 g/mol. The Morgan fingerprint density at radius 3 is 2.24 bits per heavy atom. The smallest absolute Gasteiger partial charge is 0.227 e. The second-order valence-electron chi connectivity index (χ2n) is 9.88. The van der Waals surface area contributed by atoms with E-state index in [0.29, 0.717) is 31.0 Å². The molecule has 0 aliphatic carbocycles. The van der Waals surface area contributed by atoms with Crippen LogP contribution in [0.1, 0.15) is 25.0 Å². The van der Waals surface area contributed by atoms with Gasteiger partial charge >= 0.3 is 0 Å². The van der Waals surface area contributed by atoms with Gasteiger partial charge in [-0.1, -0.05) is 23.8 Å². The number of hydrogen-bond acceptors (Lipinski definition) is 5. The summed E-state index contributed by atoms with van der Waals surface area (Å²) in [5.41, 5.74) is 3.57. The Morgan fingerprint density at radius 2 is 1.62 bits per heavy atom. The minimum atomic E-state index is -1.32. The summed E-state index contributed by atoms with van der Waals surface area (Å²) in [5.74, 6) is 1.36. The van der Waals surface area contributed by atoms with E-state index in [2.05, 4.69) is 23.5 Å². The van der Waals surface area contributed by atoms with Crippen LogP contribution in [0, 0.1) is 6.92 Å². The molecule has 4 rings (SSSR count). The van der Waals surface area contributed by atoms with Crippen LogP contribution in [0.4, 0.5) is 11.4 Å². The molecule has 0 spiro atoms. The van der Waals surface area contributed by atoms with E-state index >= 15 is 0 Å². The standard InChI is InChI=1S/C29H35N3O4S/c1-21-6-13-25(14-7-21)37(34)30-23-9-11-24(12-10-23)31-16-17-32(29(2,3)20-31)28(33)19-22-8-15-26(35-4)27(18-22)36-5/h6-15,18,30H,16-17,19-20H2,1-5H3. The van der Waals surface area contributed by atoms with Crippen molar-refractivity contribution in [1.82, 2.24) is 4.90 Å². The Balaban J connectivity index is 1.37. The van der Waals surface area contributed by atoms with Crippen molar-refractivity contribution in [2.45, 2.75) is 37.6 Å². The summed E-state index contributed by atoms with van der Waals surface area (Å²) in [5, 5.41) is 0. The van der Waals surface area contributed by atoms with Gasteiger partial charge in [0, 0.05) is 31.0 Å². The summed E-state index contributed by atoms with van der Waals surface area (Å²) in [6.07, 6.45) is 0.308. The van der Waals surface area contributed by atoms with Gasteiger partial charge in [0.15, 0.2) is 11.5 Å². The highest BCUT2D eigenvalue weighted by molar-refractivity contribution is 7.86. The van der Waals surface area contributed by atoms with Gasteiger partial charge in [0.25, 0.3) is 0 Å². The van der Waals surface area contributed by atoms with E-state index in [9.17, 15) is 9.00 Å². The van der Waals surface area contributed by atoms with Crippen LogP contribution in [0.5, 0.6) is 11.5 Å². The first-order chi connectivity index (χ1) is 17.7. The summed E-state index contributed by atoms with van der Waals surface area (Å²) < 4.78 is 26.4. The average Bonchev–Trinajstić information content (AvgIpc) is 2.88. The Morgan fingerprint density at radius 1 is 0.946 bits per heavy atom. The molecule has 3 aromatic carbocycles. The van der Waals surface area contributed by atoms with E-state index in [4.69, 9.17) is 9.47 Å². The Labute approximate surface area is 222 Å². The number of hydrogen-bond donors (Lipinski definition) is 1. The van der Waals surface area contributed by atoms with Gasteiger partial charge in [-0.25, -0.2) is 4.21 Å². The summed E-state index contributed by atoms with van der Waals surface area (Å²) in [4.78, 5) is 18.3. The highest BCUT2D eigenvalue weighted by Crippen LogP contribution is 2.30. The number of piperazine rings is 1. The quantitative estimate of drug-likeness (QED) is 0.460. The number of amides is 1. The SMILES string of the molecule is COc1ccc(CC(=O)N2CCN(c3ccc(NS(=O)c4ccc(C)cc4)cc3)CC2(C)C)cc1OC. The molecule has 1 saturated heterocycles. The topological polar surface area (TPSA) is 71.1 Å². The minimum absolute atomic E-state index is 0.0926. The van der Waals surface area contributed by atoms with Gasteiger partial charge in [-0.05, 0) is 74.9 Å². The van der Waals surface area contributed by atoms with Gasteiger partial charge in [0.1, 0.15) is 11.0 Å². The van der Waals surface area contributed by atoms with Gasteiger partial charge in [-0.2, -0.15) is 0 Å². The highest BCUT2D eigenvalue weighted by atomic mass is 32.2. The highest BCUT2D eigenvalue weighted by Gasteiger charge is 2.36. The lowest BCUT2D eigenvalue weighted by molar-refractivity contribution is -0.136. The molecular formula is C29H35N3O4S. The third-order valence-electron chi connectivity index (χ3n) is 6.68. The summed E-state index contributed by atoms with van der Waals surface area (Å²) >= 11 is 0. The minimum Gasteiger partial charge on any atom is -0.493 e. The monoisotopic (exact) mass is 521 g/mol. The van der Waals surface area contributed by atoms with Crippen molar-refractivity contribution in [3.05, 3.63) is 77.9 Å². The molecule has 1 amide bonds. The molecule has 1 fully saturated rings. The fourth-order valence-corrected chi connectivity index (χ4v) is 5.52. The zero-order chi connectivity index (χ0) is 26.6. The molecule has 1 N–H and O–H groups in total. The van der Waals surface area contributed by atoms with Crippen LogP contribution in [0.2, 0.25) is 0 Å². The molecule has 1 unspecified atom stereocenters. The van der Waals surface area contributed by atoms with Gasteiger partial charge < -0.3 is 24.0 Å². The third kappa shape index (κ3) is 6.25. The maximum absolute atomic E-state index is 13.3. The maximum Gasteiger partial charge on any atom is 0.227 e. The first-order valence-electron chi connectivity index (χ1n) is 12.3. The normalized spacial score (nSPS) is 15.7. The first-order valence-corrected chi connectivity index (χ1v) is 13.5. The number of nitrogens with zero attached hydrogens (tertiary/aromatic N) is 2. The van der Waals surface area contributed by atoms with Crippen LogP contribution in [-0.4, -0.2) is 54.4 Å². The number of anilines is 2. The molecule has 1 aliphatic rings. The van der Waals surface area contributed by atoms with Gasteiger partial charge in [-0.15, -0.1) is 0 Å². The number of carbonyl (C=O) groups is 1. The van der Waals surface area contributed by atoms with Crippen molar-refractivity contribution in [2.75, 3.05) is 43.5 Å². The zero-order valence-electron chi connectivity index (χ0n) is 22.1. The van der Waals surface area contributed by atoms with Gasteiger partial charge in [0.05, 0.1) is 31.1 Å². The molecule has 0 aromatic heterocycles. The number of carbonyl (C=O) groups excluding carboxylic acids is 1. The second-order valence-corrected chi connectivity index (χ2v) is 11.1. The van der Waals surface area contributed by atoms with Crippen molar-refractivity contribution in [1.29, 1.82) is 0 Å². The lowest BCUT2D eigenvalue weighted by Gasteiger charge is -2.48. The predicted molar refractivity (Wildman–Crippen MR) is 149 cm³/mol. The molecule has 196 valence electrons. The van der Waals surface area contributed by atoms with Crippen LogP contribution < -0.4 is 19.1 Å². The Kier molecular flexibility index (Phi) is 8.07. The van der Waals surface area contributed by atoms with Crippen LogP contribution in [0.3, 0.4) is 0 Å². The van der Waals surface area contributed by atoms with E-state index in [1.165, 1.54) is 0 Å². The maximum atomic E-state index is 13.3. The van der Waals surface area contributed by atoms with Crippen LogP contribution >= 0.6 is 0 Å². The largest absolute Gasteiger partial charge is 0.493 e. The Bertz CT molecular complexity index is 1260. The third-order valence-corrected chi connectivity index (χ3v) is 7.81. The summed E-state index contributed by atoms with van der Waals surface area (Å²) in [7, 11) is 1.87. The van der Waals surface area contributed by atoms with E-state index in [1.54, 1.807) is 14.2 Å². The number of aryl methyl sites for hydroxylation is 1. The number of benzene rings is 3. The van der Waals surface area contributed by atoms with E-state index in [-0.39, 0.29) is 11.4 Å². The van der Waals surface area contributed by atoms with Crippen LogP contribution in [0.25, 0.3) is 0 Å². The van der Waals surface area contributed by atoms with Crippen molar-refractivity contribution >= 4 is 28.3 Å². The molecule has 0 bridgehead atoms. The molecule has 0 radical (unpaired) electrons. The predicted octanol–water partition coefficient (Wildman–Crippen LogP) is 4.82. The van der Waals surface area contributed by atoms with E-state index < -0.39 is 11.0 Å². The molecule has 37 heavy (non-hydrogen) atoms. The van der Waals surface area contributed by atoms with Crippen molar-refractivity contribution in [3.8, 4) is 11.5 Å².